The second-order valence-corrected chi connectivity index (χ2v) is 7.25. The second kappa shape index (κ2) is 9.50. The number of para-hydroxylation sites is 1. The van der Waals surface area contributed by atoms with E-state index >= 15 is 0 Å². The molecule has 160 valence electrons. The summed E-state index contributed by atoms with van der Waals surface area (Å²) in [5, 5.41) is 11.2. The lowest BCUT2D eigenvalue weighted by Gasteiger charge is -2.21. The van der Waals surface area contributed by atoms with E-state index in [4.69, 9.17) is 9.57 Å². The molecule has 3 aromatic rings. The molecule has 2 N–H and O–H groups in total. The highest BCUT2D eigenvalue weighted by Gasteiger charge is 2.16. The predicted molar refractivity (Wildman–Crippen MR) is 114 cm³/mol. The molecule has 1 aromatic heterocycles. The van der Waals surface area contributed by atoms with Crippen LogP contribution in [-0.2, 0) is 20.8 Å². The molecule has 1 fully saturated rings. The van der Waals surface area contributed by atoms with Gasteiger partial charge in [0.05, 0.1) is 10.4 Å². The number of hydroxylamine groups is 1. The summed E-state index contributed by atoms with van der Waals surface area (Å²) < 4.78 is 5.39. The first kappa shape index (κ1) is 20.7. The minimum absolute atomic E-state index is 0.0159. The molecule has 31 heavy (non-hydrogen) atoms. The van der Waals surface area contributed by atoms with Crippen LogP contribution in [0.2, 0.25) is 0 Å². The van der Waals surface area contributed by atoms with Gasteiger partial charge in [0, 0.05) is 31.6 Å². The maximum absolute atomic E-state index is 11.9. The van der Waals surface area contributed by atoms with E-state index < -0.39 is 4.92 Å². The largest absolute Gasteiger partial charge is 0.350 e. The Labute approximate surface area is 178 Å². The lowest BCUT2D eigenvalue weighted by atomic mass is 10.1. The Morgan fingerprint density at radius 3 is 2.87 bits per heavy atom. The molecule has 2 aromatic carbocycles. The summed E-state index contributed by atoms with van der Waals surface area (Å²) in [4.78, 5) is 35.4. The number of imidazole rings is 1. The summed E-state index contributed by atoms with van der Waals surface area (Å²) in [6, 6.07) is 12.5. The van der Waals surface area contributed by atoms with Crippen LogP contribution in [0.25, 0.3) is 17.1 Å². The van der Waals surface area contributed by atoms with Gasteiger partial charge in [-0.2, -0.15) is 0 Å². The molecule has 1 amide bonds. The highest BCUT2D eigenvalue weighted by atomic mass is 16.8. The predicted octanol–water partition coefficient (Wildman–Crippen LogP) is 3.65. The first-order valence-electron chi connectivity index (χ1n) is 10.0. The number of amides is 1. The highest BCUT2D eigenvalue weighted by molar-refractivity contribution is 5.91. The Kier molecular flexibility index (Phi) is 6.34. The van der Waals surface area contributed by atoms with Gasteiger partial charge in [0.1, 0.15) is 5.82 Å². The third kappa shape index (κ3) is 5.33. The van der Waals surface area contributed by atoms with Crippen molar-refractivity contribution in [2.75, 3.05) is 6.61 Å². The number of fused-ring (bicyclic) bond motifs is 1. The van der Waals surface area contributed by atoms with Gasteiger partial charge in [-0.05, 0) is 36.1 Å². The van der Waals surface area contributed by atoms with Crippen LogP contribution in [0.1, 0.15) is 36.2 Å². The Balaban J connectivity index is 1.34. The van der Waals surface area contributed by atoms with E-state index in [1.807, 2.05) is 24.3 Å². The summed E-state index contributed by atoms with van der Waals surface area (Å²) in [6.07, 6.45) is 6.01. The molecule has 0 bridgehead atoms. The van der Waals surface area contributed by atoms with Crippen molar-refractivity contribution >= 4 is 28.7 Å². The summed E-state index contributed by atoms with van der Waals surface area (Å²) in [7, 11) is 0. The fourth-order valence-electron chi connectivity index (χ4n) is 3.37. The smallest absolute Gasteiger partial charge is 0.297 e. The van der Waals surface area contributed by atoms with E-state index in [1.54, 1.807) is 18.2 Å². The molecular formula is C22H22N4O5. The summed E-state index contributed by atoms with van der Waals surface area (Å²) in [5.74, 6) is 0.288. The number of carbonyl (C=O) groups is 1. The van der Waals surface area contributed by atoms with Gasteiger partial charge in [-0.15, -0.1) is 0 Å². The summed E-state index contributed by atoms with van der Waals surface area (Å²) in [6.45, 7) is 0.646. The normalized spacial score (nSPS) is 16.6. The number of rotatable bonds is 7. The Bertz CT molecular complexity index is 1100. The lowest BCUT2D eigenvalue weighted by molar-refractivity contribution is -0.383. The number of hydrogen-bond acceptors (Lipinski definition) is 6. The molecule has 0 saturated carbocycles. The van der Waals surface area contributed by atoms with Gasteiger partial charge in [-0.3, -0.25) is 14.9 Å². The van der Waals surface area contributed by atoms with Gasteiger partial charge in [0.2, 0.25) is 0 Å². The van der Waals surface area contributed by atoms with E-state index in [9.17, 15) is 14.9 Å². The van der Waals surface area contributed by atoms with Crippen LogP contribution in [-0.4, -0.2) is 33.7 Å². The number of nitro benzene ring substituents is 1. The Hall–Kier alpha value is -3.56. The summed E-state index contributed by atoms with van der Waals surface area (Å²) >= 11 is 0. The Morgan fingerprint density at radius 2 is 2.13 bits per heavy atom. The SMILES string of the molecule is O=C(/C=C/c1ccc(Cc2nc3c([N+](=O)[O-])cccc3[nH]2)cc1)NOC1CCCCO1. The number of non-ortho nitro benzene ring substituents is 1. The molecule has 0 spiro atoms. The average molecular weight is 422 g/mol. The van der Waals surface area contributed by atoms with Gasteiger partial charge < -0.3 is 9.72 Å². The molecule has 1 aliphatic heterocycles. The number of aromatic amines is 1. The quantitative estimate of drug-likeness (QED) is 0.341. The van der Waals surface area contributed by atoms with E-state index in [1.165, 1.54) is 12.1 Å². The number of nitrogens with one attached hydrogen (secondary N) is 2. The summed E-state index contributed by atoms with van der Waals surface area (Å²) in [5.41, 5.74) is 5.20. The van der Waals surface area contributed by atoms with Crippen molar-refractivity contribution in [3.05, 3.63) is 75.6 Å². The highest BCUT2D eigenvalue weighted by Crippen LogP contribution is 2.24. The van der Waals surface area contributed by atoms with Crippen molar-refractivity contribution in [3.63, 3.8) is 0 Å². The topological polar surface area (TPSA) is 119 Å². The first-order valence-corrected chi connectivity index (χ1v) is 10.0. The fraction of sp³-hybridized carbons (Fsp3) is 0.273. The number of benzene rings is 2. The van der Waals surface area contributed by atoms with Crippen LogP contribution < -0.4 is 5.48 Å². The molecule has 9 nitrogen and oxygen atoms in total. The minimum Gasteiger partial charge on any atom is -0.350 e. The van der Waals surface area contributed by atoms with Crippen LogP contribution >= 0.6 is 0 Å². The number of nitrogens with zero attached hydrogens (tertiary/aromatic N) is 2. The van der Waals surface area contributed by atoms with E-state index in [0.717, 1.165) is 30.4 Å². The second-order valence-electron chi connectivity index (χ2n) is 7.25. The zero-order valence-corrected chi connectivity index (χ0v) is 16.7. The van der Waals surface area contributed by atoms with Crippen LogP contribution in [0, 0.1) is 10.1 Å². The number of nitro groups is 1. The molecule has 4 rings (SSSR count). The van der Waals surface area contributed by atoms with Crippen LogP contribution in [0.3, 0.4) is 0 Å². The first-order chi connectivity index (χ1) is 15.1. The molecule has 1 aliphatic rings. The van der Waals surface area contributed by atoms with Crippen LogP contribution in [0.4, 0.5) is 5.69 Å². The van der Waals surface area contributed by atoms with Crippen molar-refractivity contribution in [3.8, 4) is 0 Å². The van der Waals surface area contributed by atoms with Gasteiger partial charge in [0.25, 0.3) is 11.6 Å². The van der Waals surface area contributed by atoms with E-state index in [0.29, 0.717) is 29.9 Å². The molecule has 0 radical (unpaired) electrons. The third-order valence-electron chi connectivity index (χ3n) is 4.94. The number of hydrogen-bond donors (Lipinski definition) is 2. The lowest BCUT2D eigenvalue weighted by Crippen LogP contribution is -2.32. The van der Waals surface area contributed by atoms with Crippen molar-refractivity contribution < 1.29 is 19.3 Å². The van der Waals surface area contributed by atoms with Crippen LogP contribution in [0.15, 0.2) is 48.5 Å². The molecule has 9 heteroatoms. The molecule has 2 heterocycles. The maximum Gasteiger partial charge on any atom is 0.297 e. The van der Waals surface area contributed by atoms with Gasteiger partial charge in [-0.25, -0.2) is 15.3 Å². The monoisotopic (exact) mass is 422 g/mol. The molecule has 0 aliphatic carbocycles. The third-order valence-corrected chi connectivity index (χ3v) is 4.94. The maximum atomic E-state index is 11.9. The van der Waals surface area contributed by atoms with Crippen molar-refractivity contribution in [2.45, 2.75) is 32.0 Å². The number of carbonyl (C=O) groups excluding carboxylic acids is 1. The number of H-pyrrole nitrogens is 1. The van der Waals surface area contributed by atoms with Crippen molar-refractivity contribution in [2.24, 2.45) is 0 Å². The Morgan fingerprint density at radius 1 is 1.29 bits per heavy atom. The van der Waals surface area contributed by atoms with Crippen molar-refractivity contribution in [1.29, 1.82) is 0 Å². The van der Waals surface area contributed by atoms with Gasteiger partial charge in [0.15, 0.2) is 11.8 Å². The number of ether oxygens (including phenoxy) is 1. The van der Waals surface area contributed by atoms with E-state index in [-0.39, 0.29) is 17.9 Å². The molecule has 1 saturated heterocycles. The van der Waals surface area contributed by atoms with Crippen LogP contribution in [0.5, 0.6) is 0 Å². The minimum atomic E-state index is -0.433. The van der Waals surface area contributed by atoms with E-state index in [2.05, 4.69) is 15.4 Å². The average Bonchev–Trinajstić information content (AvgIpc) is 3.20. The van der Waals surface area contributed by atoms with Crippen molar-refractivity contribution in [1.82, 2.24) is 15.4 Å². The molecule has 1 atom stereocenters. The number of aromatic nitrogens is 2. The molecule has 1 unspecified atom stereocenters. The zero-order chi connectivity index (χ0) is 21.6. The molecular weight excluding hydrogens is 400 g/mol. The van der Waals surface area contributed by atoms with Gasteiger partial charge >= 0.3 is 0 Å². The zero-order valence-electron chi connectivity index (χ0n) is 16.7. The standard InChI is InChI=1S/C22H22N4O5/c27-20(25-31-21-6-1-2-13-30-21)12-11-15-7-9-16(10-8-15)14-19-23-17-4-3-5-18(26(28)29)22(17)24-19/h3-5,7-12,21H,1-2,6,13-14H2,(H,23,24)(H,25,27)/b12-11+. The fourth-order valence-corrected chi connectivity index (χ4v) is 3.37. The van der Waals surface area contributed by atoms with Gasteiger partial charge in [-0.1, -0.05) is 30.3 Å².